The van der Waals surface area contributed by atoms with Crippen LogP contribution in [0.1, 0.15) is 38.6 Å². The van der Waals surface area contributed by atoms with E-state index in [1.54, 1.807) is 0 Å². The van der Waals surface area contributed by atoms with Crippen LogP contribution >= 0.6 is 12.2 Å². The Balaban J connectivity index is 1.86. The summed E-state index contributed by atoms with van der Waals surface area (Å²) in [5.41, 5.74) is 1.03. The lowest BCUT2D eigenvalue weighted by atomic mass is 9.96. The summed E-state index contributed by atoms with van der Waals surface area (Å²) < 4.78 is 26.3. The van der Waals surface area contributed by atoms with Crippen molar-refractivity contribution in [1.29, 1.82) is 0 Å². The monoisotopic (exact) mass is 394 g/mol. The number of sulfone groups is 1. The Kier molecular flexibility index (Phi) is 5.37. The number of nitrogens with one attached hydrogen (secondary N) is 1. The van der Waals surface area contributed by atoms with Gasteiger partial charge in [-0.3, -0.25) is 10.00 Å². The molecule has 0 saturated carbocycles. The van der Waals surface area contributed by atoms with Crippen molar-refractivity contribution < 1.29 is 8.42 Å². The van der Waals surface area contributed by atoms with Crippen molar-refractivity contribution in [2.75, 3.05) is 11.5 Å². The van der Waals surface area contributed by atoms with Crippen LogP contribution in [0.3, 0.4) is 0 Å². The molecule has 0 radical (unpaired) electrons. The summed E-state index contributed by atoms with van der Waals surface area (Å²) in [6, 6.07) is 10.1. The zero-order valence-corrected chi connectivity index (χ0v) is 17.1. The number of hydrogen-bond acceptors (Lipinski definition) is 5. The summed E-state index contributed by atoms with van der Waals surface area (Å²) >= 11 is 5.42. The van der Waals surface area contributed by atoms with Gasteiger partial charge in [-0.2, -0.15) is 0 Å². The van der Waals surface area contributed by atoms with Gasteiger partial charge in [0, 0.05) is 18.0 Å². The van der Waals surface area contributed by atoms with E-state index in [0.29, 0.717) is 24.4 Å². The maximum Gasteiger partial charge on any atom is 0.217 e. The lowest BCUT2D eigenvalue weighted by Gasteiger charge is -2.28. The number of nitrogens with zero attached hydrogens (tertiary/aromatic N) is 3. The molecule has 0 spiro atoms. The third-order valence-corrected chi connectivity index (χ3v) is 6.73. The molecule has 2 aromatic rings. The zero-order valence-electron chi connectivity index (χ0n) is 15.5. The van der Waals surface area contributed by atoms with Crippen LogP contribution in [-0.4, -0.2) is 45.6 Å². The summed E-state index contributed by atoms with van der Waals surface area (Å²) in [7, 11) is -2.96. The Morgan fingerprint density at radius 1 is 1.31 bits per heavy atom. The largest absolute Gasteiger partial charge is 0.281 e. The van der Waals surface area contributed by atoms with Gasteiger partial charge in [0.1, 0.15) is 5.82 Å². The van der Waals surface area contributed by atoms with Crippen LogP contribution in [0, 0.1) is 4.77 Å². The molecule has 2 heterocycles. The number of H-pyrrole nitrogens is 1. The quantitative estimate of drug-likeness (QED) is 0.790. The minimum absolute atomic E-state index is 0.0107. The molecule has 3 rings (SSSR count). The van der Waals surface area contributed by atoms with Gasteiger partial charge in [-0.25, -0.2) is 18.1 Å². The first-order chi connectivity index (χ1) is 12.1. The maximum absolute atomic E-state index is 12.0. The normalized spacial score (nSPS) is 19.9. The van der Waals surface area contributed by atoms with Gasteiger partial charge in [0.2, 0.25) is 4.77 Å². The SMILES string of the molecule is CC(C)(C)c1nc(=S)n(CN(Cc2ccccc2)[C@H]2CCS(=O)(=O)C2)[nH]1. The molecular weight excluding hydrogens is 368 g/mol. The van der Waals surface area contributed by atoms with Crippen molar-refractivity contribution in [3.05, 3.63) is 46.5 Å². The summed E-state index contributed by atoms with van der Waals surface area (Å²) in [4.78, 5) is 6.66. The topological polar surface area (TPSA) is 71.0 Å². The minimum Gasteiger partial charge on any atom is -0.281 e. The molecule has 6 nitrogen and oxygen atoms in total. The van der Waals surface area contributed by atoms with E-state index in [-0.39, 0.29) is 23.0 Å². The predicted molar refractivity (Wildman–Crippen MR) is 105 cm³/mol. The predicted octanol–water partition coefficient (Wildman–Crippen LogP) is 2.88. The van der Waals surface area contributed by atoms with E-state index in [1.807, 2.05) is 22.9 Å². The van der Waals surface area contributed by atoms with E-state index in [0.717, 1.165) is 11.4 Å². The molecular formula is C18H26N4O2S2. The van der Waals surface area contributed by atoms with E-state index >= 15 is 0 Å². The first-order valence-corrected chi connectivity index (χ1v) is 11.0. The maximum atomic E-state index is 12.0. The number of rotatable bonds is 5. The van der Waals surface area contributed by atoms with Gasteiger partial charge >= 0.3 is 0 Å². The van der Waals surface area contributed by atoms with Gasteiger partial charge in [0.05, 0.1) is 18.2 Å². The van der Waals surface area contributed by atoms with Gasteiger partial charge in [0.25, 0.3) is 0 Å². The van der Waals surface area contributed by atoms with Gasteiger partial charge in [-0.15, -0.1) is 0 Å². The Bertz CT molecular complexity index is 911. The van der Waals surface area contributed by atoms with Crippen molar-refractivity contribution in [3.63, 3.8) is 0 Å². The molecule has 8 heteroatoms. The molecule has 1 aromatic carbocycles. The summed E-state index contributed by atoms with van der Waals surface area (Å²) in [6.07, 6.45) is 0.656. The van der Waals surface area contributed by atoms with Crippen molar-refractivity contribution in [1.82, 2.24) is 19.7 Å². The molecule has 1 atom stereocenters. The highest BCUT2D eigenvalue weighted by atomic mass is 32.2. The second-order valence-electron chi connectivity index (χ2n) is 7.96. The molecule has 1 aromatic heterocycles. The van der Waals surface area contributed by atoms with Crippen molar-refractivity contribution >= 4 is 22.1 Å². The van der Waals surface area contributed by atoms with Crippen LogP contribution < -0.4 is 0 Å². The lowest BCUT2D eigenvalue weighted by molar-refractivity contribution is 0.145. The molecule has 1 aliphatic heterocycles. The van der Waals surface area contributed by atoms with Crippen molar-refractivity contribution in [3.8, 4) is 0 Å². The van der Waals surface area contributed by atoms with Crippen LogP contribution in [0.5, 0.6) is 0 Å². The smallest absolute Gasteiger partial charge is 0.217 e. The van der Waals surface area contributed by atoms with Crippen LogP contribution in [0.4, 0.5) is 0 Å². The highest BCUT2D eigenvalue weighted by Crippen LogP contribution is 2.22. The van der Waals surface area contributed by atoms with E-state index in [1.165, 1.54) is 0 Å². The average molecular weight is 395 g/mol. The molecule has 0 bridgehead atoms. The Morgan fingerprint density at radius 2 is 2.00 bits per heavy atom. The van der Waals surface area contributed by atoms with Crippen molar-refractivity contribution in [2.45, 2.75) is 51.9 Å². The van der Waals surface area contributed by atoms with E-state index in [4.69, 9.17) is 12.2 Å². The molecule has 1 aliphatic rings. The molecule has 1 N–H and O–H groups in total. The van der Waals surface area contributed by atoms with Crippen LogP contribution in [0.2, 0.25) is 0 Å². The highest BCUT2D eigenvalue weighted by molar-refractivity contribution is 7.91. The molecule has 142 valence electrons. The fourth-order valence-corrected chi connectivity index (χ4v) is 5.10. The van der Waals surface area contributed by atoms with E-state index in [2.05, 4.69) is 47.9 Å². The second-order valence-corrected chi connectivity index (χ2v) is 10.6. The Hall–Kier alpha value is -1.51. The first kappa shape index (κ1) is 19.3. The van der Waals surface area contributed by atoms with Gasteiger partial charge < -0.3 is 0 Å². The summed E-state index contributed by atoms with van der Waals surface area (Å²) in [5.74, 6) is 1.29. The second kappa shape index (κ2) is 7.25. The highest BCUT2D eigenvalue weighted by Gasteiger charge is 2.32. The number of aromatic nitrogens is 3. The Morgan fingerprint density at radius 3 is 2.54 bits per heavy atom. The first-order valence-electron chi connectivity index (χ1n) is 8.80. The standard InChI is InChI=1S/C18H26N4O2S2/c1-18(2,3)16-19-17(25)22(20-16)13-21(11-14-7-5-4-6-8-14)15-9-10-26(23,24)12-15/h4-8,15H,9-13H2,1-3H3,(H,19,20,25)/t15-/m0/s1. The minimum atomic E-state index is -2.96. The molecule has 0 amide bonds. The number of hydrogen-bond donors (Lipinski definition) is 1. The molecule has 1 fully saturated rings. The number of aromatic amines is 1. The third-order valence-electron chi connectivity index (χ3n) is 4.67. The van der Waals surface area contributed by atoms with Gasteiger partial charge in [-0.1, -0.05) is 51.1 Å². The lowest BCUT2D eigenvalue weighted by Crippen LogP contribution is -2.37. The fraction of sp³-hybridized carbons (Fsp3) is 0.556. The molecule has 26 heavy (non-hydrogen) atoms. The van der Waals surface area contributed by atoms with Crippen molar-refractivity contribution in [2.24, 2.45) is 0 Å². The molecule has 1 saturated heterocycles. The van der Waals surface area contributed by atoms with Crippen LogP contribution in [0.25, 0.3) is 0 Å². The molecule has 0 unspecified atom stereocenters. The molecule has 0 aliphatic carbocycles. The van der Waals surface area contributed by atoms with E-state index < -0.39 is 9.84 Å². The zero-order chi connectivity index (χ0) is 18.9. The summed E-state index contributed by atoms with van der Waals surface area (Å²) in [6.45, 7) is 7.41. The third kappa shape index (κ3) is 4.61. The average Bonchev–Trinajstić information content (AvgIpc) is 3.10. The van der Waals surface area contributed by atoms with Gasteiger partial charge in [0.15, 0.2) is 9.84 Å². The van der Waals surface area contributed by atoms with Gasteiger partial charge in [-0.05, 0) is 24.2 Å². The van der Waals surface area contributed by atoms with E-state index in [9.17, 15) is 8.42 Å². The van der Waals surface area contributed by atoms with Crippen LogP contribution in [0.15, 0.2) is 30.3 Å². The fourth-order valence-electron chi connectivity index (χ4n) is 3.15. The number of benzene rings is 1. The Labute approximate surface area is 160 Å². The van der Waals surface area contributed by atoms with Crippen LogP contribution in [-0.2, 0) is 28.5 Å². The summed E-state index contributed by atoms with van der Waals surface area (Å²) in [5, 5.41) is 3.29.